The first-order valence-corrected chi connectivity index (χ1v) is 12.1. The Bertz CT molecular complexity index is 1040. The van der Waals surface area contributed by atoms with E-state index in [-0.39, 0.29) is 23.0 Å². The van der Waals surface area contributed by atoms with Crippen LogP contribution in [0, 0.1) is 0 Å². The molecule has 0 aromatic heterocycles. The van der Waals surface area contributed by atoms with E-state index in [1.165, 1.54) is 0 Å². The molecule has 1 amide bonds. The normalized spacial score (nSPS) is 12.8. The fourth-order valence-corrected chi connectivity index (χ4v) is 4.25. The number of quaternary nitrogens is 1. The van der Waals surface area contributed by atoms with E-state index in [4.69, 9.17) is 5.73 Å². The molecule has 1 aliphatic carbocycles. The maximum atomic E-state index is 13.2. The summed E-state index contributed by atoms with van der Waals surface area (Å²) in [7, 11) is 4.05. The van der Waals surface area contributed by atoms with Gasteiger partial charge in [0.2, 0.25) is 0 Å². The van der Waals surface area contributed by atoms with Gasteiger partial charge in [0.1, 0.15) is 0 Å². The number of fused-ring (bicyclic) bond motifs is 2. The van der Waals surface area contributed by atoms with Gasteiger partial charge in [-0.1, -0.05) is 24.3 Å². The first-order valence-electron chi connectivity index (χ1n) is 10.7. The third kappa shape index (κ3) is 5.31. The van der Waals surface area contributed by atoms with Crippen molar-refractivity contribution < 1.29 is 18.9 Å². The molecule has 0 heterocycles. The number of nitrogen functional groups attached to an aromatic ring is 1. The number of carbonyl (C=O) groups excluding carboxylic acids is 3. The summed E-state index contributed by atoms with van der Waals surface area (Å²) in [6.07, 6.45) is 2.81. The number of amides is 1. The molecule has 2 aromatic carbocycles. The lowest BCUT2D eigenvalue weighted by molar-refractivity contribution is -0.882. The third-order valence-corrected chi connectivity index (χ3v) is 6.18. The van der Waals surface area contributed by atoms with Crippen molar-refractivity contribution in [3.8, 4) is 0 Å². The molecule has 0 saturated heterocycles. The van der Waals surface area contributed by atoms with E-state index in [1.54, 1.807) is 48.2 Å². The van der Waals surface area contributed by atoms with Crippen molar-refractivity contribution in [2.24, 2.45) is 0 Å². The number of thioether (sulfide) groups is 1. The van der Waals surface area contributed by atoms with Gasteiger partial charge in [-0.15, -0.1) is 0 Å². The Kier molecular flexibility index (Phi) is 7.58. The van der Waals surface area contributed by atoms with Gasteiger partial charge in [-0.3, -0.25) is 14.4 Å². The number of carbonyl (C=O) groups is 3. The molecule has 0 unspecified atom stereocenters. The summed E-state index contributed by atoms with van der Waals surface area (Å²) >= 11 is 1.70. The number of benzene rings is 2. The van der Waals surface area contributed by atoms with E-state index in [1.807, 2.05) is 20.4 Å². The molecule has 0 aliphatic heterocycles. The standard InChI is InChI=1S/C24H30N4O3S/c1-28(2,15-20(29)27-12-14-32-3)13-6-11-26-19-10-9-18(25)21-22(19)24(31)17-8-5-4-7-16(17)23(21)30/h4-5,7-10H,6,11-15H2,1-3H3,(H3-,25,26,27,29,30,31)/p+1. The molecule has 170 valence electrons. The molecule has 0 radical (unpaired) electrons. The van der Waals surface area contributed by atoms with Crippen LogP contribution in [-0.2, 0) is 4.79 Å². The molecule has 1 aliphatic rings. The Balaban J connectivity index is 1.64. The molecule has 0 bridgehead atoms. The van der Waals surface area contributed by atoms with Crippen LogP contribution in [0.1, 0.15) is 38.3 Å². The number of ketones is 2. The van der Waals surface area contributed by atoms with Gasteiger partial charge < -0.3 is 20.9 Å². The molecule has 0 saturated carbocycles. The van der Waals surface area contributed by atoms with Crippen LogP contribution in [-0.4, -0.2) is 74.2 Å². The molecule has 0 atom stereocenters. The number of anilines is 2. The molecule has 7 nitrogen and oxygen atoms in total. The second-order valence-electron chi connectivity index (χ2n) is 8.60. The van der Waals surface area contributed by atoms with Gasteiger partial charge in [0.05, 0.1) is 31.8 Å². The van der Waals surface area contributed by atoms with Gasteiger partial charge in [-0.25, -0.2) is 0 Å². The Hall–Kier alpha value is -2.84. The lowest BCUT2D eigenvalue weighted by Crippen LogP contribution is -2.48. The molecule has 3 rings (SSSR count). The van der Waals surface area contributed by atoms with Crippen LogP contribution < -0.4 is 16.4 Å². The summed E-state index contributed by atoms with van der Waals surface area (Å²) in [6.45, 7) is 2.49. The topological polar surface area (TPSA) is 101 Å². The first-order chi connectivity index (χ1) is 15.2. The van der Waals surface area contributed by atoms with Crippen molar-refractivity contribution in [2.75, 3.05) is 63.3 Å². The van der Waals surface area contributed by atoms with E-state index in [0.29, 0.717) is 52.2 Å². The monoisotopic (exact) mass is 455 g/mol. The van der Waals surface area contributed by atoms with Gasteiger partial charge in [0, 0.05) is 47.8 Å². The Labute approximate surface area is 193 Å². The van der Waals surface area contributed by atoms with Crippen LogP contribution in [0.5, 0.6) is 0 Å². The number of rotatable bonds is 10. The Morgan fingerprint density at radius 3 is 2.31 bits per heavy atom. The van der Waals surface area contributed by atoms with Crippen molar-refractivity contribution in [1.82, 2.24) is 5.32 Å². The first kappa shape index (κ1) is 23.8. The van der Waals surface area contributed by atoms with Crippen LogP contribution in [0.4, 0.5) is 11.4 Å². The van der Waals surface area contributed by atoms with Crippen LogP contribution >= 0.6 is 11.8 Å². The lowest BCUT2D eigenvalue weighted by atomic mass is 9.82. The Morgan fingerprint density at radius 2 is 1.66 bits per heavy atom. The highest BCUT2D eigenvalue weighted by atomic mass is 32.2. The second kappa shape index (κ2) is 10.2. The highest BCUT2D eigenvalue weighted by Gasteiger charge is 2.33. The van der Waals surface area contributed by atoms with Crippen molar-refractivity contribution in [1.29, 1.82) is 0 Å². The Morgan fingerprint density at radius 1 is 1.00 bits per heavy atom. The predicted molar refractivity (Wildman–Crippen MR) is 131 cm³/mol. The average Bonchev–Trinajstić information content (AvgIpc) is 2.75. The number of nitrogens with zero attached hydrogens (tertiary/aromatic N) is 1. The van der Waals surface area contributed by atoms with Crippen molar-refractivity contribution in [2.45, 2.75) is 6.42 Å². The van der Waals surface area contributed by atoms with Crippen molar-refractivity contribution >= 4 is 40.6 Å². The summed E-state index contributed by atoms with van der Waals surface area (Å²) in [5, 5.41) is 6.25. The molecule has 0 fully saturated rings. The molecule has 0 spiro atoms. The van der Waals surface area contributed by atoms with Crippen LogP contribution in [0.25, 0.3) is 0 Å². The predicted octanol–water partition coefficient (Wildman–Crippen LogP) is 2.40. The van der Waals surface area contributed by atoms with Gasteiger partial charge in [0.25, 0.3) is 5.91 Å². The fourth-order valence-electron chi connectivity index (χ4n) is 3.94. The van der Waals surface area contributed by atoms with E-state index < -0.39 is 0 Å². The highest BCUT2D eigenvalue weighted by Crippen LogP contribution is 2.35. The van der Waals surface area contributed by atoms with E-state index >= 15 is 0 Å². The van der Waals surface area contributed by atoms with E-state index in [2.05, 4.69) is 10.6 Å². The SMILES string of the molecule is CSCCNC(=O)C[N+](C)(C)CCCNc1ccc(N)c2c1C(=O)c1ccccc1C2=O. The number of hydrogen-bond acceptors (Lipinski definition) is 6. The molecule has 32 heavy (non-hydrogen) atoms. The second-order valence-corrected chi connectivity index (χ2v) is 9.58. The smallest absolute Gasteiger partial charge is 0.275 e. The highest BCUT2D eigenvalue weighted by molar-refractivity contribution is 7.98. The summed E-state index contributed by atoms with van der Waals surface area (Å²) in [5.74, 6) is 0.540. The van der Waals surface area contributed by atoms with Gasteiger partial charge >= 0.3 is 0 Å². The maximum Gasteiger partial charge on any atom is 0.275 e. The minimum absolute atomic E-state index is 0.0485. The van der Waals surface area contributed by atoms with Gasteiger partial charge in [0.15, 0.2) is 18.1 Å². The van der Waals surface area contributed by atoms with Crippen molar-refractivity contribution in [3.05, 3.63) is 58.7 Å². The van der Waals surface area contributed by atoms with Gasteiger partial charge in [-0.2, -0.15) is 11.8 Å². The average molecular weight is 456 g/mol. The van der Waals surface area contributed by atoms with E-state index in [9.17, 15) is 14.4 Å². The van der Waals surface area contributed by atoms with Crippen molar-refractivity contribution in [3.63, 3.8) is 0 Å². The lowest BCUT2D eigenvalue weighted by Gasteiger charge is -2.29. The molecule has 8 heteroatoms. The summed E-state index contributed by atoms with van der Waals surface area (Å²) < 4.78 is 0.567. The summed E-state index contributed by atoms with van der Waals surface area (Å²) in [4.78, 5) is 38.2. The zero-order valence-corrected chi connectivity index (χ0v) is 19.7. The summed E-state index contributed by atoms with van der Waals surface area (Å²) in [6, 6.07) is 10.3. The van der Waals surface area contributed by atoms with Crippen LogP contribution in [0.15, 0.2) is 36.4 Å². The molecule has 4 N–H and O–H groups in total. The van der Waals surface area contributed by atoms with Gasteiger partial charge in [-0.05, 0) is 18.4 Å². The number of hydrogen-bond donors (Lipinski definition) is 3. The number of nitrogens with two attached hydrogens (primary N) is 1. The zero-order chi connectivity index (χ0) is 23.3. The largest absolute Gasteiger partial charge is 0.398 e. The zero-order valence-electron chi connectivity index (χ0n) is 18.9. The fraction of sp³-hybridized carbons (Fsp3) is 0.375. The van der Waals surface area contributed by atoms with Crippen LogP contribution in [0.3, 0.4) is 0 Å². The maximum absolute atomic E-state index is 13.2. The molecule has 2 aromatic rings. The third-order valence-electron chi connectivity index (χ3n) is 5.56. The minimum atomic E-state index is -0.221. The van der Waals surface area contributed by atoms with E-state index in [0.717, 1.165) is 18.7 Å². The molecular formula is C24H31N4O3S+. The van der Waals surface area contributed by atoms with Crippen LogP contribution in [0.2, 0.25) is 0 Å². The quantitative estimate of drug-likeness (QED) is 0.247. The summed E-state index contributed by atoms with van der Waals surface area (Å²) in [5.41, 5.74) is 8.42. The molecular weight excluding hydrogens is 424 g/mol. The number of nitrogens with one attached hydrogen (secondary N) is 2. The number of likely N-dealkylation sites (N-methyl/N-ethyl adjacent to an activating group) is 1. The minimum Gasteiger partial charge on any atom is -0.398 e.